The Bertz CT molecular complexity index is 866. The van der Waals surface area contributed by atoms with Gasteiger partial charge in [-0.3, -0.25) is 0 Å². The number of halogens is 3. The van der Waals surface area contributed by atoms with Gasteiger partial charge in [0.15, 0.2) is 11.0 Å². The molecule has 0 aliphatic heterocycles. The predicted molar refractivity (Wildman–Crippen MR) is 84.2 cm³/mol. The molecule has 0 atom stereocenters. The van der Waals surface area contributed by atoms with Gasteiger partial charge >= 0.3 is 6.18 Å². The molecule has 1 aromatic carbocycles. The molecule has 1 aliphatic rings. The molecule has 0 saturated heterocycles. The second kappa shape index (κ2) is 6.17. The Hall–Kier alpha value is -2.36. The van der Waals surface area contributed by atoms with Gasteiger partial charge < -0.3 is 4.57 Å². The molecule has 25 heavy (non-hydrogen) atoms. The van der Waals surface area contributed by atoms with Crippen molar-refractivity contribution in [1.29, 1.82) is 0 Å². The number of rotatable bonds is 5. The third-order valence-electron chi connectivity index (χ3n) is 3.88. The molecule has 1 fully saturated rings. The first-order valence-corrected chi connectivity index (χ1v) is 8.61. The van der Waals surface area contributed by atoms with E-state index in [1.54, 1.807) is 6.20 Å². The molecule has 1 saturated carbocycles. The summed E-state index contributed by atoms with van der Waals surface area (Å²) in [6.07, 6.45) is 1.68. The zero-order chi connectivity index (χ0) is 17.4. The van der Waals surface area contributed by atoms with Crippen molar-refractivity contribution in [3.05, 3.63) is 48.0 Å². The smallest absolute Gasteiger partial charge is 0.323 e. The maximum absolute atomic E-state index is 12.7. The van der Waals surface area contributed by atoms with Gasteiger partial charge in [0.2, 0.25) is 0 Å². The van der Waals surface area contributed by atoms with Crippen LogP contribution in [-0.4, -0.2) is 29.8 Å². The van der Waals surface area contributed by atoms with Crippen LogP contribution in [-0.2, 0) is 11.9 Å². The van der Waals surface area contributed by atoms with Gasteiger partial charge in [0.25, 0.3) is 0 Å². The minimum atomic E-state index is -4.36. The van der Waals surface area contributed by atoms with Crippen LogP contribution in [0.5, 0.6) is 0 Å². The van der Waals surface area contributed by atoms with Crippen LogP contribution in [0, 0.1) is 0 Å². The van der Waals surface area contributed by atoms with Gasteiger partial charge in [0.05, 0.1) is 17.0 Å². The van der Waals surface area contributed by atoms with Gasteiger partial charge in [0.1, 0.15) is 0 Å². The first-order valence-electron chi connectivity index (χ1n) is 7.63. The van der Waals surface area contributed by atoms with Gasteiger partial charge in [-0.05, 0) is 47.5 Å². The monoisotopic (exact) mass is 366 g/mol. The molecule has 0 unspecified atom stereocenters. The van der Waals surface area contributed by atoms with Crippen LogP contribution in [0.4, 0.5) is 13.2 Å². The molecule has 0 radical (unpaired) electrons. The molecule has 6 nitrogen and oxygen atoms in total. The normalized spacial score (nSPS) is 14.8. The standard InChI is InChI=1S/C15H13F3N6S/c16-15(17,18)10-1-3-12(4-2-10)24-13(20-21-22-24)9-25-14-19-7-8-23(14)11-5-6-11/h1-4,7-8,11H,5-6,9H2. The SMILES string of the molecule is FC(F)(F)c1ccc(-n2nnnc2CSc2nccn2C2CC2)cc1. The Morgan fingerprint density at radius 2 is 1.92 bits per heavy atom. The number of thioether (sulfide) groups is 1. The number of benzene rings is 1. The van der Waals surface area contributed by atoms with E-state index in [4.69, 9.17) is 0 Å². The fourth-order valence-corrected chi connectivity index (χ4v) is 3.39. The minimum absolute atomic E-state index is 0.470. The largest absolute Gasteiger partial charge is 0.416 e. The Labute approximate surface area is 145 Å². The molecular formula is C15H13F3N6S. The molecule has 1 aliphatic carbocycles. The Kier molecular flexibility index (Phi) is 3.98. The van der Waals surface area contributed by atoms with Crippen LogP contribution in [0.25, 0.3) is 5.69 Å². The summed E-state index contributed by atoms with van der Waals surface area (Å²) in [5.74, 6) is 1.02. The maximum atomic E-state index is 12.7. The van der Waals surface area contributed by atoms with E-state index in [9.17, 15) is 13.2 Å². The average molecular weight is 366 g/mol. The van der Waals surface area contributed by atoms with E-state index in [2.05, 4.69) is 25.1 Å². The summed E-state index contributed by atoms with van der Waals surface area (Å²) in [5, 5.41) is 12.4. The van der Waals surface area contributed by atoms with E-state index in [0.717, 1.165) is 30.1 Å². The van der Waals surface area contributed by atoms with Crippen LogP contribution >= 0.6 is 11.8 Å². The number of alkyl halides is 3. The highest BCUT2D eigenvalue weighted by atomic mass is 32.2. The zero-order valence-corrected chi connectivity index (χ0v) is 13.7. The van der Waals surface area contributed by atoms with Gasteiger partial charge in [-0.15, -0.1) is 5.10 Å². The molecule has 0 amide bonds. The van der Waals surface area contributed by atoms with Crippen LogP contribution in [0.1, 0.15) is 30.3 Å². The topological polar surface area (TPSA) is 61.4 Å². The van der Waals surface area contributed by atoms with Crippen molar-refractivity contribution in [2.24, 2.45) is 0 Å². The quantitative estimate of drug-likeness (QED) is 0.647. The molecule has 2 heterocycles. The highest BCUT2D eigenvalue weighted by Gasteiger charge is 2.30. The van der Waals surface area contributed by atoms with Gasteiger partial charge in [0, 0.05) is 18.4 Å². The number of aromatic nitrogens is 6. The minimum Gasteiger partial charge on any atom is -0.323 e. The van der Waals surface area contributed by atoms with Crippen LogP contribution in [0.2, 0.25) is 0 Å². The molecule has 0 bridgehead atoms. The van der Waals surface area contributed by atoms with Gasteiger partial charge in [-0.25, -0.2) is 4.98 Å². The van der Waals surface area contributed by atoms with Gasteiger partial charge in [-0.1, -0.05) is 11.8 Å². The number of hydrogen-bond acceptors (Lipinski definition) is 5. The van der Waals surface area contributed by atoms with Gasteiger partial charge in [-0.2, -0.15) is 17.9 Å². The van der Waals surface area contributed by atoms with E-state index in [1.807, 2.05) is 6.20 Å². The summed E-state index contributed by atoms with van der Waals surface area (Å²) in [6.45, 7) is 0. The van der Waals surface area contributed by atoms with Crippen LogP contribution < -0.4 is 0 Å². The van der Waals surface area contributed by atoms with Crippen molar-refractivity contribution in [1.82, 2.24) is 29.8 Å². The molecule has 0 spiro atoms. The number of hydrogen-bond donors (Lipinski definition) is 0. The summed E-state index contributed by atoms with van der Waals surface area (Å²) >= 11 is 1.50. The van der Waals surface area contributed by atoms with Crippen molar-refractivity contribution in [2.75, 3.05) is 0 Å². The Morgan fingerprint density at radius 1 is 1.16 bits per heavy atom. The molecule has 3 aromatic rings. The van der Waals surface area contributed by atoms with Crippen molar-refractivity contribution in [2.45, 2.75) is 36.0 Å². The third kappa shape index (κ3) is 3.39. The predicted octanol–water partition coefficient (Wildman–Crippen LogP) is 3.50. The fourth-order valence-electron chi connectivity index (χ4n) is 2.46. The fraction of sp³-hybridized carbons (Fsp3) is 0.333. The summed E-state index contributed by atoms with van der Waals surface area (Å²) in [5.41, 5.74) is -0.217. The summed E-state index contributed by atoms with van der Waals surface area (Å²) in [4.78, 5) is 4.34. The maximum Gasteiger partial charge on any atom is 0.416 e. The highest BCUT2D eigenvalue weighted by Crippen LogP contribution is 2.38. The summed E-state index contributed by atoms with van der Waals surface area (Å²) in [7, 11) is 0. The van der Waals surface area contributed by atoms with Crippen LogP contribution in [0.3, 0.4) is 0 Å². The molecule has 0 N–H and O–H groups in total. The zero-order valence-electron chi connectivity index (χ0n) is 12.9. The first-order chi connectivity index (χ1) is 12.0. The molecule has 10 heteroatoms. The van der Waals surface area contributed by atoms with Crippen molar-refractivity contribution in [3.8, 4) is 5.69 Å². The molecule has 4 rings (SSSR count). The lowest BCUT2D eigenvalue weighted by atomic mass is 10.2. The third-order valence-corrected chi connectivity index (χ3v) is 4.85. The van der Waals surface area contributed by atoms with E-state index < -0.39 is 11.7 Å². The van der Waals surface area contributed by atoms with Crippen molar-refractivity contribution < 1.29 is 13.2 Å². The number of nitrogens with zero attached hydrogens (tertiary/aromatic N) is 6. The van der Waals surface area contributed by atoms with E-state index in [1.165, 1.54) is 28.6 Å². The first kappa shape index (κ1) is 16.1. The Morgan fingerprint density at radius 3 is 2.60 bits per heavy atom. The van der Waals surface area contributed by atoms with Crippen LogP contribution in [0.15, 0.2) is 41.8 Å². The number of tetrazole rings is 1. The lowest BCUT2D eigenvalue weighted by molar-refractivity contribution is -0.137. The highest BCUT2D eigenvalue weighted by molar-refractivity contribution is 7.98. The van der Waals surface area contributed by atoms with Crippen molar-refractivity contribution >= 4 is 11.8 Å². The average Bonchev–Trinajstić information content (AvgIpc) is 3.14. The number of imidazole rings is 1. The lowest BCUT2D eigenvalue weighted by Crippen LogP contribution is -2.07. The van der Waals surface area contributed by atoms with Crippen molar-refractivity contribution in [3.63, 3.8) is 0 Å². The molecule has 130 valence electrons. The molecule has 2 aromatic heterocycles. The second-order valence-electron chi connectivity index (χ2n) is 5.69. The van der Waals surface area contributed by atoms with E-state index in [0.29, 0.717) is 23.3 Å². The second-order valence-corrected chi connectivity index (χ2v) is 6.63. The van der Waals surface area contributed by atoms with E-state index in [-0.39, 0.29) is 0 Å². The Balaban J connectivity index is 1.51. The molecular weight excluding hydrogens is 353 g/mol. The summed E-state index contributed by atoms with van der Waals surface area (Å²) < 4.78 is 41.6. The van der Waals surface area contributed by atoms with E-state index >= 15 is 0 Å². The lowest BCUT2D eigenvalue weighted by Gasteiger charge is -2.09. The summed E-state index contributed by atoms with van der Waals surface area (Å²) in [6, 6.07) is 5.29.